The van der Waals surface area contributed by atoms with Crippen molar-refractivity contribution in [2.24, 2.45) is 5.92 Å². The van der Waals surface area contributed by atoms with Crippen molar-refractivity contribution in [2.45, 2.75) is 13.3 Å². The Bertz CT molecular complexity index is 608. The Morgan fingerprint density at radius 1 is 1.37 bits per heavy atom. The van der Waals surface area contributed by atoms with Gasteiger partial charge in [-0.2, -0.15) is 15.4 Å². The van der Waals surface area contributed by atoms with Crippen molar-refractivity contribution in [3.05, 3.63) is 23.8 Å². The molecule has 1 aromatic carbocycles. The molecule has 0 saturated heterocycles. The normalized spacial score (nSPS) is 12.3. The van der Waals surface area contributed by atoms with E-state index in [-0.39, 0.29) is 5.91 Å². The first-order valence-electron chi connectivity index (χ1n) is 5.89. The molecule has 0 bridgehead atoms. The second-order valence-corrected chi connectivity index (χ2v) is 4.31. The lowest BCUT2D eigenvalue weighted by Crippen LogP contribution is -2.27. The second-order valence-electron chi connectivity index (χ2n) is 4.31. The predicted molar refractivity (Wildman–Crippen MR) is 67.6 cm³/mol. The van der Waals surface area contributed by atoms with Crippen molar-refractivity contribution in [3.8, 4) is 0 Å². The number of nitrogens with one attached hydrogen (secondary N) is 2. The molecule has 0 aliphatic heterocycles. The van der Waals surface area contributed by atoms with Crippen LogP contribution < -0.4 is 5.32 Å². The van der Waals surface area contributed by atoms with Gasteiger partial charge >= 0.3 is 5.97 Å². The predicted octanol–water partition coefficient (Wildman–Crippen LogP) is 0.798. The number of hydrogen-bond acceptors (Lipinski definition) is 4. The minimum atomic E-state index is -0.863. The molecule has 2 aromatic rings. The molecule has 0 spiro atoms. The van der Waals surface area contributed by atoms with Gasteiger partial charge in [-0.15, -0.1) is 0 Å². The molecule has 3 N–H and O–H groups in total. The number of benzene rings is 1. The summed E-state index contributed by atoms with van der Waals surface area (Å²) < 4.78 is 0. The van der Waals surface area contributed by atoms with Crippen molar-refractivity contribution < 1.29 is 14.7 Å². The highest BCUT2D eigenvalue weighted by atomic mass is 16.4. The van der Waals surface area contributed by atoms with Gasteiger partial charge in [-0.05, 0) is 24.6 Å². The maximum atomic E-state index is 11.8. The number of H-pyrrole nitrogens is 1. The third kappa shape index (κ3) is 3.06. The van der Waals surface area contributed by atoms with Crippen LogP contribution in [0.1, 0.15) is 23.7 Å². The summed E-state index contributed by atoms with van der Waals surface area (Å²) in [6.45, 7) is 1.93. The van der Waals surface area contributed by atoms with Crippen molar-refractivity contribution >= 4 is 22.9 Å². The molecule has 1 amide bonds. The van der Waals surface area contributed by atoms with Crippen LogP contribution in [0, 0.1) is 5.92 Å². The first-order chi connectivity index (χ1) is 9.08. The van der Waals surface area contributed by atoms with Gasteiger partial charge in [-0.1, -0.05) is 6.92 Å². The molecule has 2 rings (SSSR count). The number of nitrogens with zero attached hydrogens (tertiary/aromatic N) is 2. The summed E-state index contributed by atoms with van der Waals surface area (Å²) in [5.74, 6) is -1.58. The Balaban J connectivity index is 1.94. The molecular formula is C12H14N4O3. The van der Waals surface area contributed by atoms with Crippen LogP contribution in [-0.4, -0.2) is 38.9 Å². The number of aromatic nitrogens is 3. The molecule has 1 heterocycles. The summed E-state index contributed by atoms with van der Waals surface area (Å²) in [6, 6.07) is 4.99. The summed E-state index contributed by atoms with van der Waals surface area (Å²) in [5.41, 5.74) is 1.78. The number of aliphatic carboxylic acids is 1. The van der Waals surface area contributed by atoms with E-state index in [1.165, 1.54) is 0 Å². The maximum Gasteiger partial charge on any atom is 0.306 e. The Hall–Kier alpha value is -2.44. The van der Waals surface area contributed by atoms with Gasteiger partial charge in [-0.25, -0.2) is 0 Å². The molecule has 1 unspecified atom stereocenters. The molecule has 0 radical (unpaired) electrons. The van der Waals surface area contributed by atoms with E-state index in [0.717, 1.165) is 0 Å². The van der Waals surface area contributed by atoms with Crippen molar-refractivity contribution in [1.82, 2.24) is 20.7 Å². The van der Waals surface area contributed by atoms with E-state index in [1.807, 2.05) is 0 Å². The van der Waals surface area contributed by atoms with Crippen LogP contribution in [0.2, 0.25) is 0 Å². The number of carbonyl (C=O) groups is 2. The minimum Gasteiger partial charge on any atom is -0.481 e. The number of fused-ring (bicyclic) bond motifs is 1. The quantitative estimate of drug-likeness (QED) is 0.738. The molecule has 1 atom stereocenters. The highest BCUT2D eigenvalue weighted by Crippen LogP contribution is 2.10. The van der Waals surface area contributed by atoms with Crippen LogP contribution in [0.3, 0.4) is 0 Å². The molecule has 1 aromatic heterocycles. The summed E-state index contributed by atoms with van der Waals surface area (Å²) in [5, 5.41) is 21.7. The average Bonchev–Trinajstić information content (AvgIpc) is 2.85. The molecule has 0 aliphatic rings. The van der Waals surface area contributed by atoms with Gasteiger partial charge in [-0.3, -0.25) is 9.59 Å². The van der Waals surface area contributed by atoms with Gasteiger partial charge in [0.2, 0.25) is 0 Å². The average molecular weight is 262 g/mol. The summed E-state index contributed by atoms with van der Waals surface area (Å²) in [7, 11) is 0. The van der Waals surface area contributed by atoms with Crippen molar-refractivity contribution in [2.75, 3.05) is 6.54 Å². The Kier molecular flexibility index (Phi) is 3.74. The highest BCUT2D eigenvalue weighted by Gasteiger charge is 2.12. The smallest absolute Gasteiger partial charge is 0.306 e. The lowest BCUT2D eigenvalue weighted by Gasteiger charge is -2.07. The summed E-state index contributed by atoms with van der Waals surface area (Å²) >= 11 is 0. The number of aromatic amines is 1. The third-order valence-corrected chi connectivity index (χ3v) is 2.86. The Labute approximate surface area is 109 Å². The topological polar surface area (TPSA) is 108 Å². The van der Waals surface area contributed by atoms with Crippen LogP contribution in [-0.2, 0) is 4.79 Å². The van der Waals surface area contributed by atoms with E-state index >= 15 is 0 Å². The van der Waals surface area contributed by atoms with Crippen molar-refractivity contribution in [1.29, 1.82) is 0 Å². The molecule has 0 aliphatic carbocycles. The first kappa shape index (κ1) is 13.0. The minimum absolute atomic E-state index is 0.248. The fraction of sp³-hybridized carbons (Fsp3) is 0.333. The van der Waals surface area contributed by atoms with Gasteiger partial charge in [0.05, 0.1) is 5.92 Å². The third-order valence-electron chi connectivity index (χ3n) is 2.86. The SMILES string of the molecule is CC(CCNC(=O)c1ccc2n[nH]nc2c1)C(=O)O. The number of amides is 1. The van der Waals surface area contributed by atoms with Gasteiger partial charge < -0.3 is 10.4 Å². The monoisotopic (exact) mass is 262 g/mol. The Morgan fingerprint density at radius 2 is 2.11 bits per heavy atom. The zero-order valence-electron chi connectivity index (χ0n) is 10.4. The maximum absolute atomic E-state index is 11.8. The molecule has 100 valence electrons. The molecular weight excluding hydrogens is 248 g/mol. The lowest BCUT2D eigenvalue weighted by molar-refractivity contribution is -0.141. The zero-order valence-corrected chi connectivity index (χ0v) is 10.4. The summed E-state index contributed by atoms with van der Waals surface area (Å²) in [6.07, 6.45) is 0.396. The molecule has 0 fully saturated rings. The van der Waals surface area contributed by atoms with Crippen LogP contribution in [0.25, 0.3) is 11.0 Å². The van der Waals surface area contributed by atoms with Crippen LogP contribution in [0.15, 0.2) is 18.2 Å². The van der Waals surface area contributed by atoms with Crippen molar-refractivity contribution in [3.63, 3.8) is 0 Å². The van der Waals surface area contributed by atoms with Gasteiger partial charge in [0, 0.05) is 12.1 Å². The number of carbonyl (C=O) groups excluding carboxylic acids is 1. The lowest BCUT2D eigenvalue weighted by atomic mass is 10.1. The summed E-state index contributed by atoms with van der Waals surface area (Å²) in [4.78, 5) is 22.5. The number of carboxylic acids is 1. The zero-order chi connectivity index (χ0) is 13.8. The number of hydrogen-bond donors (Lipinski definition) is 3. The van der Waals surface area contributed by atoms with E-state index in [1.54, 1.807) is 25.1 Å². The van der Waals surface area contributed by atoms with E-state index in [0.29, 0.717) is 29.6 Å². The molecule has 7 heteroatoms. The van der Waals surface area contributed by atoms with E-state index in [4.69, 9.17) is 5.11 Å². The largest absolute Gasteiger partial charge is 0.481 e. The number of carboxylic acid groups (broad SMARTS) is 1. The van der Waals surface area contributed by atoms with Crippen LogP contribution >= 0.6 is 0 Å². The Morgan fingerprint density at radius 3 is 2.84 bits per heavy atom. The van der Waals surface area contributed by atoms with E-state index in [9.17, 15) is 9.59 Å². The van der Waals surface area contributed by atoms with E-state index < -0.39 is 11.9 Å². The fourth-order valence-electron chi connectivity index (χ4n) is 1.61. The van der Waals surface area contributed by atoms with E-state index in [2.05, 4.69) is 20.7 Å². The standard InChI is InChI=1S/C12H14N4O3/c1-7(12(18)19)4-5-13-11(17)8-2-3-9-10(6-8)15-16-14-9/h2-3,6-7H,4-5H2,1H3,(H,13,17)(H,18,19)(H,14,15,16). The van der Waals surface area contributed by atoms with Crippen LogP contribution in [0.5, 0.6) is 0 Å². The number of rotatable bonds is 5. The van der Waals surface area contributed by atoms with Gasteiger partial charge in [0.15, 0.2) is 0 Å². The molecule has 7 nitrogen and oxygen atoms in total. The molecule has 19 heavy (non-hydrogen) atoms. The van der Waals surface area contributed by atoms with Gasteiger partial charge in [0.25, 0.3) is 5.91 Å². The van der Waals surface area contributed by atoms with Crippen LogP contribution in [0.4, 0.5) is 0 Å². The van der Waals surface area contributed by atoms with Gasteiger partial charge in [0.1, 0.15) is 11.0 Å². The highest BCUT2D eigenvalue weighted by molar-refractivity contribution is 5.97. The first-order valence-corrected chi connectivity index (χ1v) is 5.89. The fourth-order valence-corrected chi connectivity index (χ4v) is 1.61. The second kappa shape index (κ2) is 5.47. The molecule has 0 saturated carbocycles.